The molecule has 0 saturated carbocycles. The van der Waals surface area contributed by atoms with Gasteiger partial charge in [-0.15, -0.1) is 0 Å². The van der Waals surface area contributed by atoms with E-state index in [1.54, 1.807) is 0 Å². The van der Waals surface area contributed by atoms with Crippen LogP contribution in [-0.2, 0) is 0 Å². The summed E-state index contributed by atoms with van der Waals surface area (Å²) in [7, 11) is 0. The van der Waals surface area contributed by atoms with Crippen LogP contribution in [-0.4, -0.2) is 0 Å². The summed E-state index contributed by atoms with van der Waals surface area (Å²) in [6.45, 7) is 4.52. The fourth-order valence-electron chi connectivity index (χ4n) is 3.41. The molecule has 1 aliphatic carbocycles. The smallest absolute Gasteiger partial charge is 0.0406 e. The van der Waals surface area contributed by atoms with Crippen molar-refractivity contribution in [1.29, 1.82) is 0 Å². The second-order valence-electron chi connectivity index (χ2n) is 6.28. The monoisotopic (exact) mass is 330 g/mol. The highest BCUT2D eigenvalue weighted by atomic mass is 35.5. The second kappa shape index (κ2) is 6.48. The van der Waals surface area contributed by atoms with Crippen LogP contribution in [0, 0.1) is 0 Å². The van der Waals surface area contributed by atoms with E-state index in [0.29, 0.717) is 11.8 Å². The van der Waals surface area contributed by atoms with Crippen molar-refractivity contribution in [2.75, 3.05) is 0 Å². The van der Waals surface area contributed by atoms with Crippen molar-refractivity contribution < 1.29 is 0 Å². The first kappa shape index (κ1) is 15.6. The van der Waals surface area contributed by atoms with Crippen molar-refractivity contribution >= 4 is 23.2 Å². The molecule has 2 heteroatoms. The summed E-state index contributed by atoms with van der Waals surface area (Å²) in [6.07, 6.45) is 2.22. The Morgan fingerprint density at radius 3 is 1.27 bits per heavy atom. The minimum atomic E-state index is 0.502. The standard InChI is InChI=1S/C20H20Cl2/c1-13-11-19(15-3-7-17(21)8-4-15)20(12-14(13)2)16-5-9-18(22)10-6-16/h3-10,19-20H,11-12H2,1-2H3/t19-,20-/m1/s1. The maximum Gasteiger partial charge on any atom is 0.0406 e. The Kier molecular flexibility index (Phi) is 4.61. The molecule has 0 spiro atoms. The van der Waals surface area contributed by atoms with E-state index >= 15 is 0 Å². The van der Waals surface area contributed by atoms with Crippen LogP contribution in [0.5, 0.6) is 0 Å². The van der Waals surface area contributed by atoms with E-state index < -0.39 is 0 Å². The van der Waals surface area contributed by atoms with Crippen LogP contribution in [0.4, 0.5) is 0 Å². The summed E-state index contributed by atoms with van der Waals surface area (Å²) in [5.74, 6) is 1.00. The van der Waals surface area contributed by atoms with Gasteiger partial charge in [0.05, 0.1) is 0 Å². The maximum atomic E-state index is 6.05. The van der Waals surface area contributed by atoms with Crippen LogP contribution in [0.2, 0.25) is 10.0 Å². The molecule has 0 fully saturated rings. The third-order valence-electron chi connectivity index (χ3n) is 4.86. The number of benzene rings is 2. The molecule has 0 radical (unpaired) electrons. The van der Waals surface area contributed by atoms with Crippen molar-refractivity contribution in [3.05, 3.63) is 80.8 Å². The maximum absolute atomic E-state index is 6.05. The molecule has 0 aromatic heterocycles. The fourth-order valence-corrected chi connectivity index (χ4v) is 3.66. The van der Waals surface area contributed by atoms with Gasteiger partial charge in [-0.05, 0) is 73.9 Å². The van der Waals surface area contributed by atoms with Gasteiger partial charge in [0.2, 0.25) is 0 Å². The molecule has 0 saturated heterocycles. The van der Waals surface area contributed by atoms with Crippen molar-refractivity contribution in [1.82, 2.24) is 0 Å². The van der Waals surface area contributed by atoms with Gasteiger partial charge in [0.1, 0.15) is 0 Å². The zero-order valence-electron chi connectivity index (χ0n) is 12.9. The lowest BCUT2D eigenvalue weighted by atomic mass is 9.70. The van der Waals surface area contributed by atoms with Gasteiger partial charge in [-0.2, -0.15) is 0 Å². The lowest BCUT2D eigenvalue weighted by molar-refractivity contribution is 0.496. The topological polar surface area (TPSA) is 0 Å². The highest BCUT2D eigenvalue weighted by Crippen LogP contribution is 2.46. The molecule has 0 unspecified atom stereocenters. The van der Waals surface area contributed by atoms with Crippen molar-refractivity contribution in [3.63, 3.8) is 0 Å². The van der Waals surface area contributed by atoms with E-state index in [4.69, 9.17) is 23.2 Å². The van der Waals surface area contributed by atoms with Crippen LogP contribution in [0.15, 0.2) is 59.7 Å². The molecule has 0 amide bonds. The molecule has 2 atom stereocenters. The van der Waals surface area contributed by atoms with Gasteiger partial charge < -0.3 is 0 Å². The molecule has 0 bridgehead atoms. The van der Waals surface area contributed by atoms with E-state index in [1.165, 1.54) is 22.3 Å². The average molecular weight is 331 g/mol. The van der Waals surface area contributed by atoms with Gasteiger partial charge in [0, 0.05) is 10.0 Å². The summed E-state index contributed by atoms with van der Waals surface area (Å²) in [6, 6.07) is 16.7. The SMILES string of the molecule is CC1=C(C)C[C@H](c2ccc(Cl)cc2)[C@@H](c2ccc(Cl)cc2)C1. The highest BCUT2D eigenvalue weighted by molar-refractivity contribution is 6.30. The number of allylic oxidation sites excluding steroid dienone is 2. The Morgan fingerprint density at radius 2 is 0.955 bits per heavy atom. The molecule has 0 heterocycles. The van der Waals surface area contributed by atoms with Gasteiger partial charge in [-0.1, -0.05) is 58.6 Å². The Hall–Kier alpha value is -1.24. The van der Waals surface area contributed by atoms with Crippen molar-refractivity contribution in [2.45, 2.75) is 38.5 Å². The molecule has 114 valence electrons. The van der Waals surface area contributed by atoms with Gasteiger partial charge in [-0.3, -0.25) is 0 Å². The number of halogens is 2. The van der Waals surface area contributed by atoms with E-state index in [-0.39, 0.29) is 0 Å². The largest absolute Gasteiger partial charge is 0.0843 e. The molecule has 0 aliphatic heterocycles. The van der Waals surface area contributed by atoms with E-state index in [2.05, 4.69) is 38.1 Å². The number of hydrogen-bond acceptors (Lipinski definition) is 0. The molecule has 1 aliphatic rings. The van der Waals surface area contributed by atoms with E-state index in [1.807, 2.05) is 24.3 Å². The highest BCUT2D eigenvalue weighted by Gasteiger charge is 2.29. The molecule has 22 heavy (non-hydrogen) atoms. The van der Waals surface area contributed by atoms with Gasteiger partial charge >= 0.3 is 0 Å². The minimum Gasteiger partial charge on any atom is -0.0843 e. The Balaban J connectivity index is 2.00. The second-order valence-corrected chi connectivity index (χ2v) is 7.16. The molecule has 0 nitrogen and oxygen atoms in total. The Morgan fingerprint density at radius 1 is 0.636 bits per heavy atom. The first-order valence-electron chi connectivity index (χ1n) is 7.70. The van der Waals surface area contributed by atoms with Crippen molar-refractivity contribution in [2.24, 2.45) is 0 Å². The van der Waals surface area contributed by atoms with Crippen LogP contribution in [0.25, 0.3) is 0 Å². The first-order valence-corrected chi connectivity index (χ1v) is 8.46. The van der Waals surface area contributed by atoms with Crippen LogP contribution >= 0.6 is 23.2 Å². The van der Waals surface area contributed by atoms with Crippen LogP contribution < -0.4 is 0 Å². The molecule has 2 aromatic carbocycles. The van der Waals surface area contributed by atoms with Crippen molar-refractivity contribution in [3.8, 4) is 0 Å². The molecule has 3 rings (SSSR count). The fraction of sp³-hybridized carbons (Fsp3) is 0.300. The number of hydrogen-bond donors (Lipinski definition) is 0. The van der Waals surface area contributed by atoms with E-state index in [9.17, 15) is 0 Å². The number of rotatable bonds is 2. The van der Waals surface area contributed by atoms with Gasteiger partial charge in [0.15, 0.2) is 0 Å². The normalized spacial score (nSPS) is 22.0. The summed E-state index contributed by atoms with van der Waals surface area (Å²) < 4.78 is 0. The Labute approximate surface area is 142 Å². The molecular weight excluding hydrogens is 311 g/mol. The predicted molar refractivity (Wildman–Crippen MR) is 96.0 cm³/mol. The third-order valence-corrected chi connectivity index (χ3v) is 5.37. The summed E-state index contributed by atoms with van der Waals surface area (Å²) in [4.78, 5) is 0. The Bertz CT molecular complexity index is 619. The lowest BCUT2D eigenvalue weighted by Crippen LogP contribution is -2.17. The molecular formula is C20H20Cl2. The zero-order chi connectivity index (χ0) is 15.7. The first-order chi connectivity index (χ1) is 10.5. The summed E-state index contributed by atoms with van der Waals surface area (Å²) in [5.41, 5.74) is 5.78. The van der Waals surface area contributed by atoms with E-state index in [0.717, 1.165) is 22.9 Å². The molecule has 0 N–H and O–H groups in total. The average Bonchev–Trinajstić information content (AvgIpc) is 2.51. The lowest BCUT2D eigenvalue weighted by Gasteiger charge is -2.34. The predicted octanol–water partition coefficient (Wildman–Crippen LogP) is 6.99. The van der Waals surface area contributed by atoms with Crippen LogP contribution in [0.3, 0.4) is 0 Å². The minimum absolute atomic E-state index is 0.502. The summed E-state index contributed by atoms with van der Waals surface area (Å²) >= 11 is 12.1. The van der Waals surface area contributed by atoms with Gasteiger partial charge in [0.25, 0.3) is 0 Å². The molecule has 2 aromatic rings. The van der Waals surface area contributed by atoms with Crippen LogP contribution in [0.1, 0.15) is 49.7 Å². The van der Waals surface area contributed by atoms with Gasteiger partial charge in [-0.25, -0.2) is 0 Å². The zero-order valence-corrected chi connectivity index (χ0v) is 14.5. The quantitative estimate of drug-likeness (QED) is 0.520. The third kappa shape index (κ3) is 3.24. The summed E-state index contributed by atoms with van der Waals surface area (Å²) in [5, 5.41) is 1.59.